The van der Waals surface area contributed by atoms with Gasteiger partial charge in [-0.25, -0.2) is 0 Å². The van der Waals surface area contributed by atoms with E-state index in [0.29, 0.717) is 41.7 Å². The zero-order chi connectivity index (χ0) is 23.8. The van der Waals surface area contributed by atoms with Gasteiger partial charge in [-0.1, -0.05) is 25.1 Å². The molecule has 0 bridgehead atoms. The molecule has 6 heteroatoms. The lowest BCUT2D eigenvalue weighted by Crippen LogP contribution is -2.37. The highest BCUT2D eigenvalue weighted by atomic mass is 16.5. The van der Waals surface area contributed by atoms with E-state index in [1.54, 1.807) is 48.5 Å². The van der Waals surface area contributed by atoms with Crippen molar-refractivity contribution in [2.75, 3.05) is 31.6 Å². The number of piperidine rings is 1. The Bertz CT molecular complexity index is 1070. The van der Waals surface area contributed by atoms with Gasteiger partial charge >= 0.3 is 0 Å². The highest BCUT2D eigenvalue weighted by Crippen LogP contribution is 2.20. The molecule has 176 valence electrons. The van der Waals surface area contributed by atoms with Crippen molar-refractivity contribution in [3.8, 4) is 11.5 Å². The Morgan fingerprint density at radius 1 is 0.794 bits per heavy atom. The van der Waals surface area contributed by atoms with Gasteiger partial charge in [0.1, 0.15) is 24.7 Å². The Kier molecular flexibility index (Phi) is 7.81. The Balaban J connectivity index is 1.24. The first-order valence-electron chi connectivity index (χ1n) is 11.7. The number of rotatable bonds is 8. The number of benzene rings is 3. The summed E-state index contributed by atoms with van der Waals surface area (Å²) in [7, 11) is 0. The molecule has 4 rings (SSSR count). The largest absolute Gasteiger partial charge is 0.490 e. The molecule has 0 aliphatic carbocycles. The summed E-state index contributed by atoms with van der Waals surface area (Å²) in [6.45, 7) is 4.67. The average molecular weight is 459 g/mol. The summed E-state index contributed by atoms with van der Waals surface area (Å²) in [6, 6.07) is 23.6. The summed E-state index contributed by atoms with van der Waals surface area (Å²) in [6.07, 6.45) is 2.09. The summed E-state index contributed by atoms with van der Waals surface area (Å²) in [5.41, 5.74) is 1.81. The van der Waals surface area contributed by atoms with Crippen LogP contribution >= 0.6 is 0 Å². The van der Waals surface area contributed by atoms with E-state index in [1.165, 1.54) is 0 Å². The number of likely N-dealkylation sites (tertiary alicyclic amines) is 1. The van der Waals surface area contributed by atoms with Crippen molar-refractivity contribution in [3.05, 3.63) is 90.0 Å². The third kappa shape index (κ3) is 6.38. The lowest BCUT2D eigenvalue weighted by Gasteiger charge is -2.30. The van der Waals surface area contributed by atoms with Crippen LogP contribution in [0.2, 0.25) is 0 Å². The zero-order valence-corrected chi connectivity index (χ0v) is 19.4. The number of nitrogens with one attached hydrogen (secondary N) is 1. The van der Waals surface area contributed by atoms with Crippen molar-refractivity contribution in [1.29, 1.82) is 0 Å². The van der Waals surface area contributed by atoms with E-state index >= 15 is 0 Å². The molecule has 0 saturated carbocycles. The van der Waals surface area contributed by atoms with Crippen molar-refractivity contribution in [3.63, 3.8) is 0 Å². The Labute approximate surface area is 200 Å². The highest BCUT2D eigenvalue weighted by Gasteiger charge is 2.21. The molecule has 0 atom stereocenters. The third-order valence-corrected chi connectivity index (χ3v) is 5.94. The van der Waals surface area contributed by atoms with Crippen molar-refractivity contribution in [1.82, 2.24) is 4.90 Å². The SMILES string of the molecule is CC1CCN(C(=O)c2ccc(NC(=O)c3ccc(OCCOc4ccccc4)cc3)cc2)CC1. The molecule has 6 nitrogen and oxygen atoms in total. The van der Waals surface area contributed by atoms with Gasteiger partial charge in [-0.2, -0.15) is 0 Å². The van der Waals surface area contributed by atoms with Crippen LogP contribution in [-0.4, -0.2) is 43.0 Å². The van der Waals surface area contributed by atoms with Crippen molar-refractivity contribution in [2.24, 2.45) is 5.92 Å². The minimum atomic E-state index is -0.219. The molecular weight excluding hydrogens is 428 g/mol. The molecule has 0 unspecified atom stereocenters. The van der Waals surface area contributed by atoms with Gasteiger partial charge in [0.05, 0.1) is 0 Å². The molecule has 0 spiro atoms. The van der Waals surface area contributed by atoms with Crippen molar-refractivity contribution >= 4 is 17.5 Å². The van der Waals surface area contributed by atoms with E-state index in [-0.39, 0.29) is 11.8 Å². The standard InChI is InChI=1S/C28H30N2O4/c1-21-15-17-30(18-16-21)28(32)23-7-11-24(12-8-23)29-27(31)22-9-13-26(14-10-22)34-20-19-33-25-5-3-2-4-6-25/h2-14,21H,15-20H2,1H3,(H,29,31). The van der Waals surface area contributed by atoms with E-state index in [2.05, 4.69) is 12.2 Å². The summed E-state index contributed by atoms with van der Waals surface area (Å²) in [5.74, 6) is 1.98. The maximum absolute atomic E-state index is 12.7. The van der Waals surface area contributed by atoms with Crippen LogP contribution in [-0.2, 0) is 0 Å². The molecule has 3 aromatic rings. The lowest BCUT2D eigenvalue weighted by molar-refractivity contribution is 0.0697. The van der Waals surface area contributed by atoms with Gasteiger partial charge in [-0.3, -0.25) is 9.59 Å². The second-order valence-corrected chi connectivity index (χ2v) is 8.54. The quantitative estimate of drug-likeness (QED) is 0.467. The second kappa shape index (κ2) is 11.4. The Morgan fingerprint density at radius 3 is 1.97 bits per heavy atom. The van der Waals surface area contributed by atoms with E-state index < -0.39 is 0 Å². The van der Waals surface area contributed by atoms with Crippen molar-refractivity contribution < 1.29 is 19.1 Å². The monoisotopic (exact) mass is 458 g/mol. The van der Waals surface area contributed by atoms with E-state index in [1.807, 2.05) is 35.2 Å². The average Bonchev–Trinajstić information content (AvgIpc) is 2.88. The number of hydrogen-bond acceptors (Lipinski definition) is 4. The molecule has 0 aromatic heterocycles. The molecule has 0 radical (unpaired) electrons. The summed E-state index contributed by atoms with van der Waals surface area (Å²) < 4.78 is 11.3. The summed E-state index contributed by atoms with van der Waals surface area (Å²) >= 11 is 0. The first-order valence-corrected chi connectivity index (χ1v) is 11.7. The first-order chi connectivity index (χ1) is 16.6. The minimum Gasteiger partial charge on any atom is -0.490 e. The molecule has 1 heterocycles. The molecule has 1 fully saturated rings. The van der Waals surface area contributed by atoms with Gasteiger partial charge in [0.2, 0.25) is 0 Å². The van der Waals surface area contributed by atoms with Crippen molar-refractivity contribution in [2.45, 2.75) is 19.8 Å². The fraction of sp³-hybridized carbons (Fsp3) is 0.286. The number of carbonyl (C=O) groups is 2. The van der Waals surface area contributed by atoms with Crippen LogP contribution in [0.3, 0.4) is 0 Å². The number of carbonyl (C=O) groups excluding carboxylic acids is 2. The minimum absolute atomic E-state index is 0.0505. The molecule has 1 N–H and O–H groups in total. The second-order valence-electron chi connectivity index (χ2n) is 8.54. The number of ether oxygens (including phenoxy) is 2. The number of para-hydroxylation sites is 1. The Hall–Kier alpha value is -3.80. The van der Waals surface area contributed by atoms with Crippen LogP contribution in [0, 0.1) is 5.92 Å². The maximum Gasteiger partial charge on any atom is 0.255 e. The van der Waals surface area contributed by atoms with Gasteiger partial charge in [0.25, 0.3) is 11.8 Å². The Morgan fingerprint density at radius 2 is 1.35 bits per heavy atom. The fourth-order valence-electron chi connectivity index (χ4n) is 3.83. The lowest BCUT2D eigenvalue weighted by atomic mass is 9.98. The molecule has 2 amide bonds. The van der Waals surface area contributed by atoms with E-state index in [0.717, 1.165) is 31.7 Å². The van der Waals surface area contributed by atoms with Gasteiger partial charge in [-0.15, -0.1) is 0 Å². The van der Waals surface area contributed by atoms with Crippen LogP contribution in [0.1, 0.15) is 40.5 Å². The first kappa shape index (κ1) is 23.4. The van der Waals surface area contributed by atoms with Gasteiger partial charge < -0.3 is 19.7 Å². The van der Waals surface area contributed by atoms with Crippen LogP contribution in [0.5, 0.6) is 11.5 Å². The maximum atomic E-state index is 12.7. The molecular formula is C28H30N2O4. The zero-order valence-electron chi connectivity index (χ0n) is 19.4. The van der Waals surface area contributed by atoms with Gasteiger partial charge in [0.15, 0.2) is 0 Å². The molecule has 1 saturated heterocycles. The molecule has 1 aliphatic heterocycles. The smallest absolute Gasteiger partial charge is 0.255 e. The predicted molar refractivity (Wildman–Crippen MR) is 133 cm³/mol. The molecule has 3 aromatic carbocycles. The number of hydrogen-bond donors (Lipinski definition) is 1. The topological polar surface area (TPSA) is 67.9 Å². The normalized spacial score (nSPS) is 13.9. The van der Waals surface area contributed by atoms with E-state index in [4.69, 9.17) is 9.47 Å². The molecule has 34 heavy (non-hydrogen) atoms. The fourth-order valence-corrected chi connectivity index (χ4v) is 3.83. The van der Waals surface area contributed by atoms with Crippen LogP contribution < -0.4 is 14.8 Å². The van der Waals surface area contributed by atoms with Crippen LogP contribution in [0.25, 0.3) is 0 Å². The molecule has 1 aliphatic rings. The summed E-state index contributed by atoms with van der Waals surface area (Å²) in [4.78, 5) is 27.2. The van der Waals surface area contributed by atoms with E-state index in [9.17, 15) is 9.59 Å². The van der Waals surface area contributed by atoms with Gasteiger partial charge in [-0.05, 0) is 79.4 Å². The number of anilines is 1. The van der Waals surface area contributed by atoms with Crippen LogP contribution in [0.15, 0.2) is 78.9 Å². The third-order valence-electron chi connectivity index (χ3n) is 5.94. The number of nitrogens with zero attached hydrogens (tertiary/aromatic N) is 1. The highest BCUT2D eigenvalue weighted by molar-refractivity contribution is 6.04. The summed E-state index contributed by atoms with van der Waals surface area (Å²) in [5, 5.41) is 2.87. The predicted octanol–water partition coefficient (Wildman–Crippen LogP) is 5.27. The number of amides is 2. The van der Waals surface area contributed by atoms with Crippen LogP contribution in [0.4, 0.5) is 5.69 Å². The van der Waals surface area contributed by atoms with Gasteiger partial charge in [0, 0.05) is 29.9 Å².